The van der Waals surface area contributed by atoms with Crippen molar-refractivity contribution in [1.29, 1.82) is 0 Å². The highest BCUT2D eigenvalue weighted by Gasteiger charge is 2.37. The van der Waals surface area contributed by atoms with E-state index in [1.165, 1.54) is 60.7 Å². The van der Waals surface area contributed by atoms with Crippen molar-refractivity contribution in [2.75, 3.05) is 4.90 Å². The number of rotatable bonds is 3. The van der Waals surface area contributed by atoms with E-state index in [4.69, 9.17) is 4.42 Å². The Morgan fingerprint density at radius 3 is 1.56 bits per heavy atom. The lowest BCUT2D eigenvalue weighted by atomic mass is 9.82. The summed E-state index contributed by atoms with van der Waals surface area (Å²) in [6, 6.07) is 51.4. The highest BCUT2D eigenvalue weighted by molar-refractivity contribution is 6.19. The number of furan rings is 1. The molecule has 230 valence electrons. The maximum Gasteiger partial charge on any atom is 0.136 e. The average molecular weight is 618 g/mol. The molecule has 0 bridgehead atoms. The molecule has 0 saturated carbocycles. The molecular weight excluding hydrogens is 583 g/mol. The lowest BCUT2D eigenvalue weighted by Crippen LogP contribution is -2.16. The quantitative estimate of drug-likeness (QED) is 0.196. The predicted molar refractivity (Wildman–Crippen MR) is 201 cm³/mol. The molecule has 0 unspecified atom stereocenters. The zero-order chi connectivity index (χ0) is 32.4. The van der Waals surface area contributed by atoms with Crippen LogP contribution < -0.4 is 4.90 Å². The Morgan fingerprint density at radius 2 is 0.917 bits per heavy atom. The van der Waals surface area contributed by atoms with E-state index in [0.29, 0.717) is 0 Å². The topological polar surface area (TPSA) is 16.4 Å². The van der Waals surface area contributed by atoms with Crippen molar-refractivity contribution in [2.45, 2.75) is 38.5 Å². The van der Waals surface area contributed by atoms with Gasteiger partial charge in [0.15, 0.2) is 0 Å². The third-order valence-corrected chi connectivity index (χ3v) is 11.3. The van der Waals surface area contributed by atoms with Crippen molar-refractivity contribution < 1.29 is 4.42 Å². The van der Waals surface area contributed by atoms with Gasteiger partial charge < -0.3 is 9.32 Å². The fraction of sp³-hybridized carbons (Fsp3) is 0.130. The van der Waals surface area contributed by atoms with E-state index in [1.54, 1.807) is 0 Å². The van der Waals surface area contributed by atoms with Gasteiger partial charge in [-0.15, -0.1) is 0 Å². The van der Waals surface area contributed by atoms with E-state index in [0.717, 1.165) is 33.6 Å². The van der Waals surface area contributed by atoms with Crippen LogP contribution in [0.1, 0.15) is 49.9 Å². The van der Waals surface area contributed by atoms with Gasteiger partial charge in [0.25, 0.3) is 0 Å². The summed E-state index contributed by atoms with van der Waals surface area (Å²) in [5, 5.41) is 4.73. The third kappa shape index (κ3) is 3.63. The molecule has 8 aromatic rings. The van der Waals surface area contributed by atoms with E-state index in [1.807, 2.05) is 0 Å². The third-order valence-electron chi connectivity index (χ3n) is 11.3. The first-order valence-electron chi connectivity index (χ1n) is 16.9. The zero-order valence-electron chi connectivity index (χ0n) is 27.6. The number of hydrogen-bond donors (Lipinski definition) is 0. The summed E-state index contributed by atoms with van der Waals surface area (Å²) in [5.74, 6) is 0. The lowest BCUT2D eigenvalue weighted by Gasteiger charge is -2.28. The van der Waals surface area contributed by atoms with Gasteiger partial charge in [0.1, 0.15) is 11.2 Å². The van der Waals surface area contributed by atoms with Crippen LogP contribution in [0.25, 0.3) is 55.0 Å². The van der Waals surface area contributed by atoms with Crippen LogP contribution in [0.3, 0.4) is 0 Å². The summed E-state index contributed by atoms with van der Waals surface area (Å²) in [5.41, 5.74) is 15.9. The van der Waals surface area contributed by atoms with Crippen molar-refractivity contribution in [1.82, 2.24) is 0 Å². The standard InChI is InChI=1S/C46H35NO/c1-45(2)38-15-9-7-13-33(38)35-25-29(18-21-40(35)45)47(30-19-22-41-36(26-30)34-14-8-10-16-39(34)46(41,3)4)31-20-24-42-37(27-31)44-32-12-6-5-11-28(32)17-23-43(44)48-42/h5-27H,1-4H3. The summed E-state index contributed by atoms with van der Waals surface area (Å²) in [4.78, 5) is 2.44. The number of benzene rings is 7. The lowest BCUT2D eigenvalue weighted by molar-refractivity contribution is 0.660. The molecule has 0 spiro atoms. The minimum Gasteiger partial charge on any atom is -0.456 e. The molecule has 0 radical (unpaired) electrons. The van der Waals surface area contributed by atoms with E-state index >= 15 is 0 Å². The monoisotopic (exact) mass is 617 g/mol. The predicted octanol–water partition coefficient (Wildman–Crippen LogP) is 12.8. The van der Waals surface area contributed by atoms with Crippen LogP contribution >= 0.6 is 0 Å². The van der Waals surface area contributed by atoms with Crippen LogP contribution in [-0.2, 0) is 10.8 Å². The minimum absolute atomic E-state index is 0.0478. The van der Waals surface area contributed by atoms with Gasteiger partial charge in [-0.05, 0) is 104 Å². The van der Waals surface area contributed by atoms with Gasteiger partial charge in [-0.1, -0.05) is 119 Å². The van der Waals surface area contributed by atoms with Crippen LogP contribution in [0, 0.1) is 0 Å². The molecule has 0 atom stereocenters. The van der Waals surface area contributed by atoms with Gasteiger partial charge in [-0.2, -0.15) is 0 Å². The van der Waals surface area contributed by atoms with Gasteiger partial charge in [0.05, 0.1) is 0 Å². The Balaban J connectivity index is 1.24. The number of nitrogens with zero attached hydrogens (tertiary/aromatic N) is 1. The van der Waals surface area contributed by atoms with Gasteiger partial charge in [-0.25, -0.2) is 0 Å². The molecule has 2 nitrogen and oxygen atoms in total. The number of fused-ring (bicyclic) bond motifs is 11. The Bertz CT molecular complexity index is 2530. The summed E-state index contributed by atoms with van der Waals surface area (Å²) in [7, 11) is 0. The van der Waals surface area contributed by atoms with Gasteiger partial charge in [-0.3, -0.25) is 0 Å². The molecule has 48 heavy (non-hydrogen) atoms. The van der Waals surface area contributed by atoms with Crippen molar-refractivity contribution in [3.63, 3.8) is 0 Å². The maximum atomic E-state index is 6.43. The molecule has 0 saturated heterocycles. The van der Waals surface area contributed by atoms with E-state index < -0.39 is 0 Å². The fourth-order valence-electron chi connectivity index (χ4n) is 8.82. The minimum atomic E-state index is -0.0478. The molecule has 1 aromatic heterocycles. The molecule has 0 fully saturated rings. The molecule has 10 rings (SSSR count). The van der Waals surface area contributed by atoms with Crippen molar-refractivity contribution in [2.24, 2.45) is 0 Å². The molecule has 2 aliphatic carbocycles. The zero-order valence-corrected chi connectivity index (χ0v) is 27.6. The maximum absolute atomic E-state index is 6.43. The first-order valence-corrected chi connectivity index (χ1v) is 16.9. The first-order chi connectivity index (χ1) is 23.3. The molecular formula is C46H35NO. The largest absolute Gasteiger partial charge is 0.456 e. The normalized spacial score (nSPS) is 15.0. The van der Waals surface area contributed by atoms with E-state index in [2.05, 4.69) is 172 Å². The van der Waals surface area contributed by atoms with E-state index in [-0.39, 0.29) is 10.8 Å². The second kappa shape index (κ2) is 9.49. The second-order valence-corrected chi connectivity index (χ2v) is 14.6. The van der Waals surface area contributed by atoms with Crippen molar-refractivity contribution in [3.05, 3.63) is 162 Å². The Morgan fingerprint density at radius 1 is 0.417 bits per heavy atom. The smallest absolute Gasteiger partial charge is 0.136 e. The van der Waals surface area contributed by atoms with Gasteiger partial charge in [0.2, 0.25) is 0 Å². The SMILES string of the molecule is CC1(C)c2ccccc2-c2cc(N(c3ccc4c(c3)-c3ccccc3C4(C)C)c3ccc4oc5ccc6ccccc6c5c4c3)ccc21. The molecule has 0 N–H and O–H groups in total. The highest BCUT2D eigenvalue weighted by Crippen LogP contribution is 2.53. The number of anilines is 3. The number of hydrogen-bond acceptors (Lipinski definition) is 2. The Hall–Kier alpha value is -5.60. The summed E-state index contributed by atoms with van der Waals surface area (Å²) in [6.07, 6.45) is 0. The summed E-state index contributed by atoms with van der Waals surface area (Å²) < 4.78 is 6.43. The van der Waals surface area contributed by atoms with Crippen LogP contribution in [-0.4, -0.2) is 0 Å². The van der Waals surface area contributed by atoms with Gasteiger partial charge >= 0.3 is 0 Å². The average Bonchev–Trinajstić information content (AvgIpc) is 3.68. The molecule has 7 aromatic carbocycles. The molecule has 1 heterocycles. The van der Waals surface area contributed by atoms with Crippen LogP contribution in [0.5, 0.6) is 0 Å². The summed E-state index contributed by atoms with van der Waals surface area (Å²) in [6.45, 7) is 9.38. The highest BCUT2D eigenvalue weighted by atomic mass is 16.3. The van der Waals surface area contributed by atoms with Crippen molar-refractivity contribution >= 4 is 49.8 Å². The summed E-state index contributed by atoms with van der Waals surface area (Å²) >= 11 is 0. The van der Waals surface area contributed by atoms with Crippen LogP contribution in [0.2, 0.25) is 0 Å². The molecule has 0 aliphatic heterocycles. The van der Waals surface area contributed by atoms with Crippen LogP contribution in [0.4, 0.5) is 17.1 Å². The fourth-order valence-corrected chi connectivity index (χ4v) is 8.82. The first kappa shape index (κ1) is 27.5. The second-order valence-electron chi connectivity index (χ2n) is 14.6. The Labute approximate surface area is 280 Å². The Kier molecular flexibility index (Phi) is 5.44. The van der Waals surface area contributed by atoms with Gasteiger partial charge in [0, 0.05) is 38.7 Å². The van der Waals surface area contributed by atoms with E-state index in [9.17, 15) is 0 Å². The van der Waals surface area contributed by atoms with Crippen LogP contribution in [0.15, 0.2) is 144 Å². The molecule has 2 aliphatic rings. The molecule has 0 amide bonds. The van der Waals surface area contributed by atoms with Crippen molar-refractivity contribution in [3.8, 4) is 22.3 Å². The molecule has 2 heteroatoms.